The van der Waals surface area contributed by atoms with Gasteiger partial charge in [0.1, 0.15) is 0 Å². The van der Waals surface area contributed by atoms with Gasteiger partial charge >= 0.3 is 0 Å². The Bertz CT molecular complexity index is 843. The first-order valence-electron chi connectivity index (χ1n) is 6.77. The molecule has 2 aromatic rings. The van der Waals surface area contributed by atoms with E-state index in [0.717, 1.165) is 5.56 Å². The van der Waals surface area contributed by atoms with Crippen molar-refractivity contribution < 1.29 is 8.42 Å². The van der Waals surface area contributed by atoms with Crippen molar-refractivity contribution in [2.45, 2.75) is 18.2 Å². The van der Waals surface area contributed by atoms with Gasteiger partial charge in [-0.3, -0.25) is 4.31 Å². The summed E-state index contributed by atoms with van der Waals surface area (Å²) in [5, 5.41) is 9.26. The highest BCUT2D eigenvalue weighted by Gasteiger charge is 2.25. The molecule has 0 N–H and O–H groups in total. The maximum Gasteiger partial charge on any atom is 0.264 e. The fraction of sp³-hybridized carbons (Fsp3) is 0.188. The molecule has 0 aliphatic carbocycles. The van der Waals surface area contributed by atoms with Gasteiger partial charge < -0.3 is 0 Å². The SMILES string of the molecule is Cc1ccc(N(CCC#N)S(=O)(=O)c2ccc(Cl)c(Cl)c2)cc1. The van der Waals surface area contributed by atoms with E-state index in [1.807, 2.05) is 25.1 Å². The fourth-order valence-electron chi connectivity index (χ4n) is 2.02. The van der Waals surface area contributed by atoms with Crippen molar-refractivity contribution >= 4 is 38.9 Å². The van der Waals surface area contributed by atoms with E-state index in [4.69, 9.17) is 28.5 Å². The zero-order valence-corrected chi connectivity index (χ0v) is 14.7. The number of hydrogen-bond acceptors (Lipinski definition) is 3. The highest BCUT2D eigenvalue weighted by atomic mass is 35.5. The molecular formula is C16H14Cl2N2O2S. The van der Waals surface area contributed by atoms with Crippen LogP contribution in [0.4, 0.5) is 5.69 Å². The molecular weight excluding hydrogens is 355 g/mol. The van der Waals surface area contributed by atoms with Crippen LogP contribution in [-0.2, 0) is 10.0 Å². The number of nitriles is 1. The van der Waals surface area contributed by atoms with Crippen molar-refractivity contribution in [3.63, 3.8) is 0 Å². The molecule has 4 nitrogen and oxygen atoms in total. The summed E-state index contributed by atoms with van der Waals surface area (Å²) in [6.45, 7) is 1.97. The van der Waals surface area contributed by atoms with E-state index < -0.39 is 10.0 Å². The van der Waals surface area contributed by atoms with Crippen LogP contribution in [0.15, 0.2) is 47.4 Å². The first-order valence-corrected chi connectivity index (χ1v) is 8.97. The van der Waals surface area contributed by atoms with Crippen LogP contribution in [0.2, 0.25) is 10.0 Å². The van der Waals surface area contributed by atoms with E-state index in [9.17, 15) is 8.42 Å². The molecule has 0 spiro atoms. The van der Waals surface area contributed by atoms with Crippen molar-refractivity contribution in [3.8, 4) is 6.07 Å². The number of anilines is 1. The molecule has 0 amide bonds. The number of hydrogen-bond donors (Lipinski definition) is 0. The summed E-state index contributed by atoms with van der Waals surface area (Å²) in [6, 6.07) is 13.2. The second kappa shape index (κ2) is 7.22. The Labute approximate surface area is 145 Å². The van der Waals surface area contributed by atoms with E-state index in [2.05, 4.69) is 0 Å². The smallest absolute Gasteiger partial charge is 0.264 e. The van der Waals surface area contributed by atoms with E-state index in [-0.39, 0.29) is 27.9 Å². The summed E-state index contributed by atoms with van der Waals surface area (Å²) in [7, 11) is -3.84. The van der Waals surface area contributed by atoms with E-state index >= 15 is 0 Å². The molecule has 0 fully saturated rings. The molecule has 0 radical (unpaired) electrons. The van der Waals surface area contributed by atoms with Crippen molar-refractivity contribution in [1.29, 1.82) is 5.26 Å². The molecule has 0 atom stereocenters. The normalized spacial score (nSPS) is 11.0. The summed E-state index contributed by atoms with van der Waals surface area (Å²) in [5.41, 5.74) is 1.51. The average Bonchev–Trinajstić information content (AvgIpc) is 2.52. The zero-order valence-electron chi connectivity index (χ0n) is 12.3. The predicted molar refractivity (Wildman–Crippen MR) is 92.4 cm³/mol. The standard InChI is InChI=1S/C16H14Cl2N2O2S/c1-12-3-5-13(6-4-12)20(10-2-9-19)23(21,22)14-7-8-15(17)16(18)11-14/h3-8,11H,2,10H2,1H3. The lowest BCUT2D eigenvalue weighted by Gasteiger charge is -2.24. The van der Waals surface area contributed by atoms with Crippen LogP contribution in [-0.4, -0.2) is 15.0 Å². The van der Waals surface area contributed by atoms with Crippen LogP contribution in [0.3, 0.4) is 0 Å². The molecule has 2 rings (SSSR count). The topological polar surface area (TPSA) is 61.2 Å². The maximum atomic E-state index is 12.9. The highest BCUT2D eigenvalue weighted by molar-refractivity contribution is 7.92. The molecule has 0 bridgehead atoms. The van der Waals surface area contributed by atoms with Gasteiger partial charge in [-0.1, -0.05) is 40.9 Å². The van der Waals surface area contributed by atoms with Gasteiger partial charge in [-0.15, -0.1) is 0 Å². The van der Waals surface area contributed by atoms with Crippen molar-refractivity contribution in [3.05, 3.63) is 58.1 Å². The molecule has 0 saturated heterocycles. The van der Waals surface area contributed by atoms with Crippen LogP contribution in [0, 0.1) is 18.3 Å². The van der Waals surface area contributed by atoms with Gasteiger partial charge in [0.25, 0.3) is 10.0 Å². The summed E-state index contributed by atoms with van der Waals surface area (Å²) < 4.78 is 27.0. The van der Waals surface area contributed by atoms with E-state index in [1.165, 1.54) is 22.5 Å². The Kier molecular flexibility index (Phi) is 5.53. The highest BCUT2D eigenvalue weighted by Crippen LogP contribution is 2.29. The number of rotatable bonds is 5. The van der Waals surface area contributed by atoms with Crippen molar-refractivity contribution in [2.24, 2.45) is 0 Å². The van der Waals surface area contributed by atoms with Gasteiger partial charge in [0.05, 0.1) is 33.1 Å². The van der Waals surface area contributed by atoms with Gasteiger partial charge in [0.2, 0.25) is 0 Å². The largest absolute Gasteiger partial charge is 0.265 e. The van der Waals surface area contributed by atoms with Gasteiger partial charge in [0, 0.05) is 6.54 Å². The Morgan fingerprint density at radius 2 is 1.74 bits per heavy atom. The number of sulfonamides is 1. The summed E-state index contributed by atoms with van der Waals surface area (Å²) >= 11 is 11.8. The maximum absolute atomic E-state index is 12.9. The van der Waals surface area contributed by atoms with Gasteiger partial charge in [-0.25, -0.2) is 8.42 Å². The number of nitrogens with zero attached hydrogens (tertiary/aromatic N) is 2. The van der Waals surface area contributed by atoms with E-state index in [0.29, 0.717) is 5.69 Å². The first kappa shape index (κ1) is 17.6. The van der Waals surface area contributed by atoms with E-state index in [1.54, 1.807) is 12.1 Å². The predicted octanol–water partition coefficient (Wildman–Crippen LogP) is 4.41. The third-order valence-electron chi connectivity index (χ3n) is 3.23. The molecule has 0 aliphatic rings. The minimum absolute atomic E-state index is 0.0328. The first-order chi connectivity index (χ1) is 10.9. The molecule has 2 aromatic carbocycles. The molecule has 0 unspecified atom stereocenters. The molecule has 120 valence electrons. The Balaban J connectivity index is 2.50. The van der Waals surface area contributed by atoms with Crippen molar-refractivity contribution in [2.75, 3.05) is 10.8 Å². The molecule has 0 aromatic heterocycles. The molecule has 0 heterocycles. The average molecular weight is 369 g/mol. The second-order valence-corrected chi connectivity index (χ2v) is 7.57. The zero-order chi connectivity index (χ0) is 17.0. The lowest BCUT2D eigenvalue weighted by Crippen LogP contribution is -2.32. The number of aryl methyl sites for hydroxylation is 1. The quantitative estimate of drug-likeness (QED) is 0.784. The van der Waals surface area contributed by atoms with Crippen LogP contribution in [0.5, 0.6) is 0 Å². The Hall–Kier alpha value is -1.74. The lowest BCUT2D eigenvalue weighted by molar-refractivity contribution is 0.591. The third-order valence-corrected chi connectivity index (χ3v) is 5.79. The number of benzene rings is 2. The summed E-state index contributed by atoms with van der Waals surface area (Å²) in [6.07, 6.45) is 0.0778. The molecule has 0 aliphatic heterocycles. The molecule has 23 heavy (non-hydrogen) atoms. The van der Waals surface area contributed by atoms with Crippen LogP contribution < -0.4 is 4.31 Å². The minimum atomic E-state index is -3.84. The third kappa shape index (κ3) is 3.97. The Morgan fingerprint density at radius 1 is 1.09 bits per heavy atom. The van der Waals surface area contributed by atoms with Gasteiger partial charge in [0.15, 0.2) is 0 Å². The van der Waals surface area contributed by atoms with Crippen molar-refractivity contribution in [1.82, 2.24) is 0 Å². The molecule has 0 saturated carbocycles. The van der Waals surface area contributed by atoms with Crippen LogP contribution in [0.25, 0.3) is 0 Å². The summed E-state index contributed by atoms with van der Waals surface area (Å²) in [5.74, 6) is 0. The van der Waals surface area contributed by atoms with Crippen LogP contribution >= 0.6 is 23.2 Å². The van der Waals surface area contributed by atoms with Gasteiger partial charge in [-0.05, 0) is 37.3 Å². The second-order valence-electron chi connectivity index (χ2n) is 4.90. The monoisotopic (exact) mass is 368 g/mol. The fourth-order valence-corrected chi connectivity index (χ4v) is 3.87. The molecule has 7 heteroatoms. The summed E-state index contributed by atoms with van der Waals surface area (Å²) in [4.78, 5) is 0.0328. The lowest BCUT2D eigenvalue weighted by atomic mass is 10.2. The van der Waals surface area contributed by atoms with Crippen LogP contribution in [0.1, 0.15) is 12.0 Å². The Morgan fingerprint density at radius 3 is 2.30 bits per heavy atom. The van der Waals surface area contributed by atoms with Gasteiger partial charge in [-0.2, -0.15) is 5.26 Å². The number of halogens is 2. The minimum Gasteiger partial charge on any atom is -0.265 e.